The number of carbonyl (C=O) groups is 1. The van der Waals surface area contributed by atoms with E-state index >= 15 is 0 Å². The second kappa shape index (κ2) is 5.34. The summed E-state index contributed by atoms with van der Waals surface area (Å²) in [6, 6.07) is 7.95. The van der Waals surface area contributed by atoms with Gasteiger partial charge in [0.05, 0.1) is 12.1 Å². The van der Waals surface area contributed by atoms with Gasteiger partial charge in [-0.1, -0.05) is 28.1 Å². The van der Waals surface area contributed by atoms with Crippen LogP contribution in [0.25, 0.3) is 16.2 Å². The van der Waals surface area contributed by atoms with E-state index in [0.29, 0.717) is 12.2 Å². The Morgan fingerprint density at radius 2 is 2.10 bits per heavy atom. The molecule has 102 valence electrons. The lowest BCUT2D eigenvalue weighted by molar-refractivity contribution is -0.137. The van der Waals surface area contributed by atoms with E-state index in [2.05, 4.69) is 26.0 Å². The second-order valence-electron chi connectivity index (χ2n) is 4.24. The van der Waals surface area contributed by atoms with Crippen LogP contribution in [0.5, 0.6) is 0 Å². The van der Waals surface area contributed by atoms with Gasteiger partial charge in [0.2, 0.25) is 4.96 Å². The average Bonchev–Trinajstić information content (AvgIpc) is 2.97. The van der Waals surface area contributed by atoms with Crippen molar-refractivity contribution in [2.24, 2.45) is 0 Å². The number of benzene rings is 1. The number of carboxylic acid groups (broad SMARTS) is 1. The predicted molar refractivity (Wildman–Crippen MR) is 80.0 cm³/mol. The molecule has 0 aliphatic heterocycles. The molecule has 0 aliphatic carbocycles. The van der Waals surface area contributed by atoms with Crippen molar-refractivity contribution in [1.82, 2.24) is 14.6 Å². The van der Waals surface area contributed by atoms with Gasteiger partial charge in [-0.2, -0.15) is 0 Å². The number of rotatable bonds is 4. The van der Waals surface area contributed by atoms with Crippen molar-refractivity contribution in [3.05, 3.63) is 39.9 Å². The van der Waals surface area contributed by atoms with Crippen molar-refractivity contribution >= 4 is 38.2 Å². The Kier molecular flexibility index (Phi) is 3.54. The first-order valence-corrected chi connectivity index (χ1v) is 7.61. The summed E-state index contributed by atoms with van der Waals surface area (Å²) in [7, 11) is 0. The standard InChI is InChI=1S/C13H10BrN3O2S/c14-9-3-1-8(2-4-9)10-7-20-13-15-11(16-17(10)13)5-6-12(18)19/h1-4,7H,5-6H2,(H,18,19). The van der Waals surface area contributed by atoms with Gasteiger partial charge in [-0.3, -0.25) is 4.79 Å². The molecular weight excluding hydrogens is 342 g/mol. The molecule has 3 aromatic rings. The number of aliphatic carboxylic acids is 1. The van der Waals surface area contributed by atoms with Gasteiger partial charge >= 0.3 is 5.97 Å². The molecule has 0 saturated heterocycles. The maximum absolute atomic E-state index is 10.6. The SMILES string of the molecule is O=C(O)CCc1nc2scc(-c3ccc(Br)cc3)n2n1. The third kappa shape index (κ3) is 2.59. The van der Waals surface area contributed by atoms with E-state index in [1.54, 1.807) is 4.52 Å². The molecule has 1 aromatic carbocycles. The van der Waals surface area contributed by atoms with Gasteiger partial charge in [0, 0.05) is 21.8 Å². The van der Waals surface area contributed by atoms with Gasteiger partial charge in [-0.05, 0) is 12.1 Å². The lowest BCUT2D eigenvalue weighted by Crippen LogP contribution is -1.99. The first-order chi connectivity index (χ1) is 9.63. The minimum absolute atomic E-state index is 0.0471. The van der Waals surface area contributed by atoms with Crippen LogP contribution in [0.3, 0.4) is 0 Å². The maximum atomic E-state index is 10.6. The van der Waals surface area contributed by atoms with E-state index in [9.17, 15) is 4.79 Å². The van der Waals surface area contributed by atoms with Crippen molar-refractivity contribution in [3.63, 3.8) is 0 Å². The second-order valence-corrected chi connectivity index (χ2v) is 6.00. The molecule has 0 saturated carbocycles. The zero-order chi connectivity index (χ0) is 14.1. The van der Waals surface area contributed by atoms with Gasteiger partial charge < -0.3 is 5.11 Å². The molecule has 0 atom stereocenters. The van der Waals surface area contributed by atoms with Crippen LogP contribution >= 0.6 is 27.3 Å². The van der Waals surface area contributed by atoms with Crippen LogP contribution in [0.1, 0.15) is 12.2 Å². The summed E-state index contributed by atoms with van der Waals surface area (Å²) in [6.45, 7) is 0. The Bertz CT molecular complexity index is 764. The molecule has 0 bridgehead atoms. The summed E-state index contributed by atoms with van der Waals surface area (Å²) in [6.07, 6.45) is 0.398. The maximum Gasteiger partial charge on any atom is 0.303 e. The monoisotopic (exact) mass is 351 g/mol. The number of nitrogens with zero attached hydrogens (tertiary/aromatic N) is 3. The van der Waals surface area contributed by atoms with E-state index in [1.165, 1.54) is 11.3 Å². The lowest BCUT2D eigenvalue weighted by Gasteiger charge is -1.98. The van der Waals surface area contributed by atoms with Crippen LogP contribution in [-0.2, 0) is 11.2 Å². The fraction of sp³-hybridized carbons (Fsp3) is 0.154. The third-order valence-corrected chi connectivity index (χ3v) is 4.17. The summed E-state index contributed by atoms with van der Waals surface area (Å²) in [5.41, 5.74) is 2.01. The number of fused-ring (bicyclic) bond motifs is 1. The van der Waals surface area contributed by atoms with Crippen LogP contribution in [0.15, 0.2) is 34.1 Å². The molecular formula is C13H10BrN3O2S. The topological polar surface area (TPSA) is 67.5 Å². The summed E-state index contributed by atoms with van der Waals surface area (Å²) in [5.74, 6) is -0.270. The molecule has 0 aliphatic rings. The Labute approximate surface area is 127 Å². The van der Waals surface area contributed by atoms with Gasteiger partial charge in [-0.15, -0.1) is 16.4 Å². The first kappa shape index (κ1) is 13.3. The smallest absolute Gasteiger partial charge is 0.303 e. The highest BCUT2D eigenvalue weighted by atomic mass is 79.9. The van der Waals surface area contributed by atoms with Gasteiger partial charge in [-0.25, -0.2) is 9.50 Å². The minimum atomic E-state index is -0.837. The molecule has 20 heavy (non-hydrogen) atoms. The highest BCUT2D eigenvalue weighted by Crippen LogP contribution is 2.26. The van der Waals surface area contributed by atoms with Crippen molar-refractivity contribution in [2.75, 3.05) is 0 Å². The fourth-order valence-corrected chi connectivity index (χ4v) is 2.98. The Morgan fingerprint density at radius 1 is 1.35 bits per heavy atom. The quantitative estimate of drug-likeness (QED) is 0.783. The third-order valence-electron chi connectivity index (χ3n) is 2.83. The Morgan fingerprint density at radius 3 is 2.80 bits per heavy atom. The fourth-order valence-electron chi connectivity index (χ4n) is 1.87. The van der Waals surface area contributed by atoms with E-state index in [1.807, 2.05) is 29.6 Å². The average molecular weight is 352 g/mol. The van der Waals surface area contributed by atoms with Crippen LogP contribution in [-0.4, -0.2) is 25.7 Å². The number of hydrogen-bond acceptors (Lipinski definition) is 4. The van der Waals surface area contributed by atoms with Crippen molar-refractivity contribution < 1.29 is 9.90 Å². The van der Waals surface area contributed by atoms with Crippen molar-refractivity contribution in [1.29, 1.82) is 0 Å². The normalized spacial score (nSPS) is 11.1. The highest BCUT2D eigenvalue weighted by Gasteiger charge is 2.12. The Balaban J connectivity index is 1.96. The lowest BCUT2D eigenvalue weighted by atomic mass is 10.2. The number of carboxylic acids is 1. The number of halogens is 1. The largest absolute Gasteiger partial charge is 0.481 e. The molecule has 2 aromatic heterocycles. The summed E-state index contributed by atoms with van der Waals surface area (Å²) < 4.78 is 2.79. The van der Waals surface area contributed by atoms with Crippen molar-refractivity contribution in [3.8, 4) is 11.3 Å². The molecule has 3 rings (SSSR count). The number of thiazole rings is 1. The summed E-state index contributed by atoms with van der Waals surface area (Å²) in [4.78, 5) is 15.7. The molecule has 0 radical (unpaired) electrons. The van der Waals surface area contributed by atoms with Gasteiger partial charge in [0.15, 0.2) is 5.82 Å². The van der Waals surface area contributed by atoms with E-state index < -0.39 is 5.97 Å². The first-order valence-electron chi connectivity index (χ1n) is 5.94. The summed E-state index contributed by atoms with van der Waals surface area (Å²) >= 11 is 4.91. The molecule has 5 nitrogen and oxygen atoms in total. The molecule has 0 unspecified atom stereocenters. The van der Waals surface area contributed by atoms with E-state index in [4.69, 9.17) is 5.11 Å². The minimum Gasteiger partial charge on any atom is -0.481 e. The van der Waals surface area contributed by atoms with E-state index in [-0.39, 0.29) is 6.42 Å². The number of aryl methyl sites for hydroxylation is 1. The van der Waals surface area contributed by atoms with Crippen molar-refractivity contribution in [2.45, 2.75) is 12.8 Å². The van der Waals surface area contributed by atoms with Crippen LogP contribution in [0.4, 0.5) is 0 Å². The van der Waals surface area contributed by atoms with Gasteiger partial charge in [0.25, 0.3) is 0 Å². The Hall–Kier alpha value is -1.73. The zero-order valence-corrected chi connectivity index (χ0v) is 12.7. The van der Waals surface area contributed by atoms with Crippen LogP contribution in [0.2, 0.25) is 0 Å². The molecule has 0 fully saturated rings. The highest BCUT2D eigenvalue weighted by molar-refractivity contribution is 9.10. The summed E-state index contributed by atoms with van der Waals surface area (Å²) in [5, 5.41) is 15.1. The zero-order valence-electron chi connectivity index (χ0n) is 10.3. The van der Waals surface area contributed by atoms with Crippen LogP contribution in [0, 0.1) is 0 Å². The molecule has 2 heterocycles. The van der Waals surface area contributed by atoms with Gasteiger partial charge in [0.1, 0.15) is 0 Å². The predicted octanol–water partition coefficient (Wildman–Crippen LogP) is 3.24. The van der Waals surface area contributed by atoms with E-state index in [0.717, 1.165) is 20.7 Å². The molecule has 7 heteroatoms. The molecule has 1 N–H and O–H groups in total. The molecule has 0 spiro atoms. The van der Waals surface area contributed by atoms with Crippen LogP contribution < -0.4 is 0 Å². The number of hydrogen-bond donors (Lipinski definition) is 1. The molecule has 0 amide bonds. The number of aromatic nitrogens is 3.